The Morgan fingerprint density at radius 1 is 1.70 bits per heavy atom. The number of pyridine rings is 1. The van der Waals surface area contributed by atoms with Crippen molar-refractivity contribution in [2.45, 2.75) is 6.92 Å². The van der Waals surface area contributed by atoms with Crippen molar-refractivity contribution in [3.8, 4) is 12.3 Å². The third-order valence-electron chi connectivity index (χ3n) is 1.18. The van der Waals surface area contributed by atoms with Crippen LogP contribution in [0.3, 0.4) is 0 Å². The number of rotatable bonds is 0. The van der Waals surface area contributed by atoms with Crippen LogP contribution in [0.15, 0.2) is 12.3 Å². The molecule has 1 aromatic heterocycles. The van der Waals surface area contributed by atoms with Crippen molar-refractivity contribution < 1.29 is 4.39 Å². The van der Waals surface area contributed by atoms with Crippen molar-refractivity contribution >= 4 is 0 Å². The zero-order valence-corrected chi connectivity index (χ0v) is 5.56. The molecule has 0 spiro atoms. The van der Waals surface area contributed by atoms with Crippen molar-refractivity contribution in [2.24, 2.45) is 0 Å². The molecule has 0 aromatic carbocycles. The third kappa shape index (κ3) is 1.14. The molecular formula is C8H6FN. The van der Waals surface area contributed by atoms with Gasteiger partial charge in [0.15, 0.2) is 0 Å². The van der Waals surface area contributed by atoms with E-state index < -0.39 is 0 Å². The minimum atomic E-state index is -0.350. The SMILES string of the molecule is C#Cc1ncc(F)cc1C. The molecule has 2 heteroatoms. The summed E-state index contributed by atoms with van der Waals surface area (Å²) in [4.78, 5) is 3.69. The molecule has 0 amide bonds. The summed E-state index contributed by atoms with van der Waals surface area (Å²) in [5.74, 6) is 1.99. The maximum atomic E-state index is 12.4. The van der Waals surface area contributed by atoms with Gasteiger partial charge in [-0.3, -0.25) is 0 Å². The molecule has 0 aliphatic rings. The van der Waals surface area contributed by atoms with Crippen LogP contribution in [0.25, 0.3) is 0 Å². The number of aromatic nitrogens is 1. The van der Waals surface area contributed by atoms with Crippen LogP contribution in [0.4, 0.5) is 4.39 Å². The summed E-state index contributed by atoms with van der Waals surface area (Å²) in [5, 5.41) is 0. The number of hydrogen-bond acceptors (Lipinski definition) is 1. The molecule has 0 saturated heterocycles. The smallest absolute Gasteiger partial charge is 0.141 e. The molecule has 0 radical (unpaired) electrons. The highest BCUT2D eigenvalue weighted by atomic mass is 19.1. The Kier molecular flexibility index (Phi) is 1.68. The maximum Gasteiger partial charge on any atom is 0.141 e. The first kappa shape index (κ1) is 6.76. The van der Waals surface area contributed by atoms with E-state index in [0.29, 0.717) is 11.3 Å². The fraction of sp³-hybridized carbons (Fsp3) is 0.125. The molecule has 1 nitrogen and oxygen atoms in total. The van der Waals surface area contributed by atoms with E-state index in [1.165, 1.54) is 6.07 Å². The molecule has 0 unspecified atom stereocenters. The molecule has 1 rings (SSSR count). The van der Waals surface area contributed by atoms with Crippen LogP contribution < -0.4 is 0 Å². The van der Waals surface area contributed by atoms with E-state index in [2.05, 4.69) is 10.9 Å². The van der Waals surface area contributed by atoms with Gasteiger partial charge in [-0.25, -0.2) is 9.37 Å². The Morgan fingerprint density at radius 2 is 2.40 bits per heavy atom. The van der Waals surface area contributed by atoms with Gasteiger partial charge in [-0.2, -0.15) is 0 Å². The van der Waals surface area contributed by atoms with Crippen LogP contribution in [0.2, 0.25) is 0 Å². The molecule has 10 heavy (non-hydrogen) atoms. The fourth-order valence-electron chi connectivity index (χ4n) is 0.692. The molecule has 0 aliphatic carbocycles. The average molecular weight is 135 g/mol. The molecule has 50 valence electrons. The second-order valence-corrected chi connectivity index (χ2v) is 1.96. The van der Waals surface area contributed by atoms with Gasteiger partial charge in [-0.1, -0.05) is 0 Å². The Bertz CT molecular complexity index is 286. The van der Waals surface area contributed by atoms with E-state index in [9.17, 15) is 4.39 Å². The highest BCUT2D eigenvalue weighted by Gasteiger charge is 1.96. The van der Waals surface area contributed by atoms with Crippen molar-refractivity contribution in [2.75, 3.05) is 0 Å². The fourth-order valence-corrected chi connectivity index (χ4v) is 0.692. The molecule has 0 bridgehead atoms. The van der Waals surface area contributed by atoms with Gasteiger partial charge in [0, 0.05) is 0 Å². The minimum absolute atomic E-state index is 0.350. The maximum absolute atomic E-state index is 12.4. The van der Waals surface area contributed by atoms with Crippen molar-refractivity contribution in [1.29, 1.82) is 0 Å². The second kappa shape index (κ2) is 2.49. The zero-order valence-electron chi connectivity index (χ0n) is 5.56. The van der Waals surface area contributed by atoms with E-state index in [1.54, 1.807) is 6.92 Å². The predicted molar refractivity (Wildman–Crippen MR) is 36.9 cm³/mol. The van der Waals surface area contributed by atoms with Gasteiger partial charge in [0.25, 0.3) is 0 Å². The van der Waals surface area contributed by atoms with Crippen LogP contribution in [0.5, 0.6) is 0 Å². The Labute approximate surface area is 58.9 Å². The molecule has 0 N–H and O–H groups in total. The van der Waals surface area contributed by atoms with Gasteiger partial charge in [-0.15, -0.1) is 6.42 Å². The van der Waals surface area contributed by atoms with Crippen molar-refractivity contribution in [1.82, 2.24) is 4.98 Å². The van der Waals surface area contributed by atoms with Gasteiger partial charge in [0.1, 0.15) is 11.5 Å². The number of halogens is 1. The first-order valence-corrected chi connectivity index (χ1v) is 2.83. The lowest BCUT2D eigenvalue weighted by molar-refractivity contribution is 0.619. The van der Waals surface area contributed by atoms with Crippen molar-refractivity contribution in [3.05, 3.63) is 29.3 Å². The Morgan fingerprint density at radius 3 is 2.90 bits per heavy atom. The molecule has 0 aliphatic heterocycles. The number of aryl methyl sites for hydroxylation is 1. The van der Waals surface area contributed by atoms with E-state index >= 15 is 0 Å². The molecule has 0 atom stereocenters. The minimum Gasteiger partial charge on any atom is -0.244 e. The summed E-state index contributed by atoms with van der Waals surface area (Å²) in [6.07, 6.45) is 6.18. The van der Waals surface area contributed by atoms with E-state index in [4.69, 9.17) is 6.42 Å². The highest BCUT2D eigenvalue weighted by Crippen LogP contribution is 2.03. The van der Waals surface area contributed by atoms with E-state index in [1.807, 2.05) is 0 Å². The lowest BCUT2D eigenvalue weighted by atomic mass is 10.2. The summed E-state index contributed by atoms with van der Waals surface area (Å²) in [6.45, 7) is 1.73. The van der Waals surface area contributed by atoms with E-state index in [-0.39, 0.29) is 5.82 Å². The lowest BCUT2D eigenvalue weighted by Gasteiger charge is -1.94. The van der Waals surface area contributed by atoms with Gasteiger partial charge in [0.2, 0.25) is 0 Å². The summed E-state index contributed by atoms with van der Waals surface area (Å²) >= 11 is 0. The molecule has 1 aromatic rings. The number of terminal acetylenes is 1. The quantitative estimate of drug-likeness (QED) is 0.491. The van der Waals surface area contributed by atoms with Gasteiger partial charge in [0.05, 0.1) is 6.20 Å². The lowest BCUT2D eigenvalue weighted by Crippen LogP contribution is -1.88. The molecular weight excluding hydrogens is 129 g/mol. The van der Waals surface area contributed by atoms with Gasteiger partial charge >= 0.3 is 0 Å². The average Bonchev–Trinajstić information content (AvgIpc) is 1.88. The largest absolute Gasteiger partial charge is 0.244 e. The third-order valence-corrected chi connectivity index (χ3v) is 1.18. The normalized spacial score (nSPS) is 8.90. The van der Waals surface area contributed by atoms with Crippen LogP contribution in [0.1, 0.15) is 11.3 Å². The molecule has 1 heterocycles. The Balaban J connectivity index is 3.23. The summed E-state index contributed by atoms with van der Waals surface area (Å²) in [6, 6.07) is 1.36. The second-order valence-electron chi connectivity index (χ2n) is 1.96. The number of nitrogens with zero attached hydrogens (tertiary/aromatic N) is 1. The van der Waals surface area contributed by atoms with E-state index in [0.717, 1.165) is 6.20 Å². The van der Waals surface area contributed by atoms with Crippen LogP contribution in [0, 0.1) is 25.1 Å². The van der Waals surface area contributed by atoms with Crippen molar-refractivity contribution in [3.63, 3.8) is 0 Å². The summed E-state index contributed by atoms with van der Waals surface area (Å²) in [5.41, 5.74) is 1.20. The van der Waals surface area contributed by atoms with Crippen LogP contribution in [-0.2, 0) is 0 Å². The first-order chi connectivity index (χ1) is 4.74. The summed E-state index contributed by atoms with van der Waals surface area (Å²) in [7, 11) is 0. The highest BCUT2D eigenvalue weighted by molar-refractivity contribution is 5.32. The first-order valence-electron chi connectivity index (χ1n) is 2.83. The number of hydrogen-bond donors (Lipinski definition) is 0. The van der Waals surface area contributed by atoms with Gasteiger partial charge < -0.3 is 0 Å². The molecule has 0 saturated carbocycles. The van der Waals surface area contributed by atoms with Crippen LogP contribution in [-0.4, -0.2) is 4.98 Å². The molecule has 0 fully saturated rings. The topological polar surface area (TPSA) is 12.9 Å². The standard InChI is InChI=1S/C8H6FN/c1-3-8-6(2)4-7(9)5-10-8/h1,4-5H,2H3. The van der Waals surface area contributed by atoms with Crippen LogP contribution >= 0.6 is 0 Å². The van der Waals surface area contributed by atoms with Gasteiger partial charge in [-0.05, 0) is 24.5 Å². The summed E-state index contributed by atoms with van der Waals surface area (Å²) < 4.78 is 12.4. The predicted octanol–water partition coefficient (Wildman–Crippen LogP) is 1.51. The Hall–Kier alpha value is -1.36. The monoisotopic (exact) mass is 135 g/mol. The zero-order chi connectivity index (χ0) is 7.56.